The molecule has 1 saturated carbocycles. The number of aryl methyl sites for hydroxylation is 1. The topological polar surface area (TPSA) is 50.1 Å². The monoisotopic (exact) mass is 337 g/mol. The van der Waals surface area contributed by atoms with Crippen LogP contribution in [0.15, 0.2) is 30.6 Å². The lowest BCUT2D eigenvalue weighted by atomic mass is 9.63. The Morgan fingerprint density at radius 1 is 1.48 bits per heavy atom. The smallest absolute Gasteiger partial charge is 0.129 e. The van der Waals surface area contributed by atoms with Crippen LogP contribution in [0.5, 0.6) is 0 Å². The number of aromatic nitrogens is 2. The third-order valence-corrected chi connectivity index (χ3v) is 5.23. The Morgan fingerprint density at radius 2 is 2.26 bits per heavy atom. The maximum atomic E-state index is 14.0. The van der Waals surface area contributed by atoms with Gasteiger partial charge in [0.2, 0.25) is 0 Å². The number of halogens is 2. The van der Waals surface area contributed by atoms with Crippen molar-refractivity contribution in [2.24, 2.45) is 12.5 Å². The third kappa shape index (κ3) is 3.13. The van der Waals surface area contributed by atoms with Crippen LogP contribution < -0.4 is 5.32 Å². The van der Waals surface area contributed by atoms with Gasteiger partial charge in [-0.2, -0.15) is 5.10 Å². The standard InChI is InChI=1S/C17H21ClFN3O/c1-22-10-12(8-21-22)16(17(11-23)6-3-7-17)20-9-13-14(18)4-2-5-15(13)19/h2,4-5,8,10,16,20,23H,3,6-7,9,11H2,1H3. The van der Waals surface area contributed by atoms with Crippen LogP contribution in [-0.4, -0.2) is 21.5 Å². The molecule has 1 unspecified atom stereocenters. The minimum absolute atomic E-state index is 0.0781. The summed E-state index contributed by atoms with van der Waals surface area (Å²) in [4.78, 5) is 0. The lowest BCUT2D eigenvalue weighted by Gasteiger charge is -2.46. The summed E-state index contributed by atoms with van der Waals surface area (Å²) in [5.41, 5.74) is 1.25. The lowest BCUT2D eigenvalue weighted by Crippen LogP contribution is -2.45. The molecule has 1 fully saturated rings. The van der Waals surface area contributed by atoms with Gasteiger partial charge in [-0.15, -0.1) is 0 Å². The predicted molar refractivity (Wildman–Crippen MR) is 87.6 cm³/mol. The van der Waals surface area contributed by atoms with Gasteiger partial charge in [-0.1, -0.05) is 24.1 Å². The van der Waals surface area contributed by atoms with Crippen molar-refractivity contribution >= 4 is 11.6 Å². The molecule has 1 aliphatic rings. The summed E-state index contributed by atoms with van der Waals surface area (Å²) in [7, 11) is 1.86. The van der Waals surface area contributed by atoms with Crippen LogP contribution in [0.1, 0.15) is 36.4 Å². The third-order valence-electron chi connectivity index (χ3n) is 4.88. The molecule has 1 aliphatic carbocycles. The maximum Gasteiger partial charge on any atom is 0.129 e. The first-order valence-electron chi connectivity index (χ1n) is 7.81. The molecule has 2 N–H and O–H groups in total. The molecule has 124 valence electrons. The van der Waals surface area contributed by atoms with E-state index in [2.05, 4.69) is 10.4 Å². The van der Waals surface area contributed by atoms with Crippen molar-refractivity contribution in [1.82, 2.24) is 15.1 Å². The van der Waals surface area contributed by atoms with Gasteiger partial charge in [-0.05, 0) is 25.0 Å². The number of benzene rings is 1. The molecule has 6 heteroatoms. The molecule has 0 spiro atoms. The van der Waals surface area contributed by atoms with Crippen molar-refractivity contribution in [3.05, 3.63) is 52.6 Å². The van der Waals surface area contributed by atoms with Crippen molar-refractivity contribution in [2.75, 3.05) is 6.61 Å². The van der Waals surface area contributed by atoms with Crippen molar-refractivity contribution in [2.45, 2.75) is 31.8 Å². The van der Waals surface area contributed by atoms with Crippen LogP contribution in [0.2, 0.25) is 5.02 Å². The molecule has 4 nitrogen and oxygen atoms in total. The number of nitrogens with one attached hydrogen (secondary N) is 1. The zero-order valence-corrected chi connectivity index (χ0v) is 13.9. The first kappa shape index (κ1) is 16.4. The number of hydrogen-bond donors (Lipinski definition) is 2. The molecule has 3 rings (SSSR count). The van der Waals surface area contributed by atoms with E-state index in [-0.39, 0.29) is 23.9 Å². The van der Waals surface area contributed by atoms with E-state index in [0.29, 0.717) is 17.1 Å². The lowest BCUT2D eigenvalue weighted by molar-refractivity contribution is 0.00449. The van der Waals surface area contributed by atoms with E-state index in [1.165, 1.54) is 6.07 Å². The van der Waals surface area contributed by atoms with Crippen molar-refractivity contribution in [3.63, 3.8) is 0 Å². The van der Waals surface area contributed by atoms with E-state index in [1.807, 2.05) is 13.2 Å². The second-order valence-corrected chi connectivity index (χ2v) is 6.74. The minimum Gasteiger partial charge on any atom is -0.396 e. The zero-order valence-electron chi connectivity index (χ0n) is 13.1. The molecule has 0 saturated heterocycles. The Balaban J connectivity index is 1.85. The summed E-state index contributed by atoms with van der Waals surface area (Å²) in [5.74, 6) is -0.318. The Labute approximate surface area is 140 Å². The fourth-order valence-electron chi connectivity index (χ4n) is 3.35. The van der Waals surface area contributed by atoms with Crippen molar-refractivity contribution in [3.8, 4) is 0 Å². The maximum absolute atomic E-state index is 14.0. The highest BCUT2D eigenvalue weighted by atomic mass is 35.5. The van der Waals surface area contributed by atoms with Crippen LogP contribution in [0.25, 0.3) is 0 Å². The predicted octanol–water partition coefficient (Wildman–Crippen LogP) is 3.21. The van der Waals surface area contributed by atoms with Gasteiger partial charge in [0.1, 0.15) is 5.82 Å². The summed E-state index contributed by atoms with van der Waals surface area (Å²) >= 11 is 6.11. The number of aliphatic hydroxyl groups is 1. The molecular weight excluding hydrogens is 317 g/mol. The van der Waals surface area contributed by atoms with Gasteiger partial charge in [0.25, 0.3) is 0 Å². The average molecular weight is 338 g/mol. The fraction of sp³-hybridized carbons (Fsp3) is 0.471. The molecule has 0 radical (unpaired) electrons. The summed E-state index contributed by atoms with van der Waals surface area (Å²) in [5, 5.41) is 18.0. The highest BCUT2D eigenvalue weighted by molar-refractivity contribution is 6.31. The molecule has 0 aliphatic heterocycles. The molecule has 0 amide bonds. The number of hydrogen-bond acceptors (Lipinski definition) is 3. The second kappa shape index (κ2) is 6.59. The first-order valence-corrected chi connectivity index (χ1v) is 8.19. The van der Waals surface area contributed by atoms with Gasteiger partial charge in [0.15, 0.2) is 0 Å². The first-order chi connectivity index (χ1) is 11.1. The fourth-order valence-corrected chi connectivity index (χ4v) is 3.58. The van der Waals surface area contributed by atoms with E-state index < -0.39 is 0 Å². The second-order valence-electron chi connectivity index (χ2n) is 6.34. The van der Waals surface area contributed by atoms with E-state index in [0.717, 1.165) is 24.8 Å². The SMILES string of the molecule is Cn1cc(C(NCc2c(F)cccc2Cl)C2(CO)CCC2)cn1. The van der Waals surface area contributed by atoms with E-state index in [1.54, 1.807) is 23.0 Å². The van der Waals surface area contributed by atoms with Gasteiger partial charge in [0, 0.05) is 47.4 Å². The molecule has 1 atom stereocenters. The number of nitrogens with zero attached hydrogens (tertiary/aromatic N) is 2. The summed E-state index contributed by atoms with van der Waals surface area (Å²) < 4.78 is 15.7. The molecule has 23 heavy (non-hydrogen) atoms. The van der Waals surface area contributed by atoms with Gasteiger partial charge >= 0.3 is 0 Å². The Kier molecular flexibility index (Phi) is 4.71. The van der Waals surface area contributed by atoms with Gasteiger partial charge in [-0.25, -0.2) is 4.39 Å². The van der Waals surface area contributed by atoms with Crippen molar-refractivity contribution < 1.29 is 9.50 Å². The Morgan fingerprint density at radius 3 is 2.78 bits per heavy atom. The molecule has 2 aromatic rings. The number of aliphatic hydroxyl groups excluding tert-OH is 1. The zero-order chi connectivity index (χ0) is 16.4. The average Bonchev–Trinajstić information content (AvgIpc) is 2.90. The van der Waals surface area contributed by atoms with Crippen LogP contribution in [0.4, 0.5) is 4.39 Å². The van der Waals surface area contributed by atoms with E-state index in [9.17, 15) is 9.50 Å². The Hall–Kier alpha value is -1.43. The largest absolute Gasteiger partial charge is 0.396 e. The Bertz CT molecular complexity index is 658. The van der Waals surface area contributed by atoms with Gasteiger partial charge in [0.05, 0.1) is 12.8 Å². The summed E-state index contributed by atoms with van der Waals surface area (Å²) in [6.45, 7) is 0.414. The quantitative estimate of drug-likeness (QED) is 0.851. The molecular formula is C17H21ClFN3O. The minimum atomic E-state index is -0.318. The van der Waals surface area contributed by atoms with Crippen LogP contribution in [0.3, 0.4) is 0 Å². The summed E-state index contributed by atoms with van der Waals surface area (Å²) in [6.07, 6.45) is 6.73. The van der Waals surface area contributed by atoms with Gasteiger partial charge in [-0.3, -0.25) is 4.68 Å². The number of rotatable bonds is 6. The van der Waals surface area contributed by atoms with Crippen molar-refractivity contribution in [1.29, 1.82) is 0 Å². The van der Waals surface area contributed by atoms with E-state index >= 15 is 0 Å². The molecule has 0 bridgehead atoms. The summed E-state index contributed by atoms with van der Waals surface area (Å²) in [6, 6.07) is 4.62. The molecule has 1 aromatic carbocycles. The van der Waals surface area contributed by atoms with Crippen LogP contribution >= 0.6 is 11.6 Å². The molecule has 1 heterocycles. The van der Waals surface area contributed by atoms with Crippen LogP contribution in [-0.2, 0) is 13.6 Å². The highest BCUT2D eigenvalue weighted by Crippen LogP contribution is 2.50. The van der Waals surface area contributed by atoms with Crippen LogP contribution in [0, 0.1) is 11.2 Å². The highest BCUT2D eigenvalue weighted by Gasteiger charge is 2.44. The van der Waals surface area contributed by atoms with Gasteiger partial charge < -0.3 is 10.4 Å². The molecule has 1 aromatic heterocycles. The van der Waals surface area contributed by atoms with E-state index in [4.69, 9.17) is 11.6 Å². The normalized spacial score (nSPS) is 17.7.